The van der Waals surface area contributed by atoms with E-state index in [0.29, 0.717) is 29.7 Å². The van der Waals surface area contributed by atoms with Gasteiger partial charge in [-0.2, -0.15) is 5.26 Å². The van der Waals surface area contributed by atoms with Crippen molar-refractivity contribution in [1.29, 1.82) is 5.26 Å². The van der Waals surface area contributed by atoms with Gasteiger partial charge in [-0.15, -0.1) is 0 Å². The van der Waals surface area contributed by atoms with Crippen LogP contribution < -0.4 is 0 Å². The number of carbonyl (C=O) groups excluding carboxylic acids is 1. The second kappa shape index (κ2) is 7.56. The molecule has 6 heteroatoms. The number of sulfone groups is 1. The fourth-order valence-corrected chi connectivity index (χ4v) is 5.46. The summed E-state index contributed by atoms with van der Waals surface area (Å²) in [7, 11) is -3.78. The second-order valence-corrected chi connectivity index (χ2v) is 10.5. The number of hydrogen-bond donors (Lipinski definition) is 0. The van der Waals surface area contributed by atoms with Crippen LogP contribution in [0.2, 0.25) is 0 Å². The highest BCUT2D eigenvalue weighted by molar-refractivity contribution is 7.93. The molecule has 0 atom stereocenters. The maximum atomic E-state index is 13.3. The van der Waals surface area contributed by atoms with E-state index in [4.69, 9.17) is 9.68 Å². The molecular formula is C22H25NO4S. The number of nitrogens with zero attached hydrogens (tertiary/aromatic N) is 1. The summed E-state index contributed by atoms with van der Waals surface area (Å²) in [6.07, 6.45) is 5.57. The van der Waals surface area contributed by atoms with Crippen LogP contribution in [-0.2, 0) is 24.8 Å². The molecule has 1 heterocycles. The Bertz CT molecular complexity index is 974. The highest BCUT2D eigenvalue weighted by Crippen LogP contribution is 2.42. The zero-order chi connectivity index (χ0) is 20.4. The molecule has 0 spiro atoms. The molecule has 0 N–H and O–H groups in total. The van der Waals surface area contributed by atoms with Crippen LogP contribution in [0.1, 0.15) is 62.8 Å². The van der Waals surface area contributed by atoms with Crippen LogP contribution in [0.3, 0.4) is 0 Å². The first-order valence-electron chi connectivity index (χ1n) is 9.53. The second-order valence-electron chi connectivity index (χ2n) is 8.00. The summed E-state index contributed by atoms with van der Waals surface area (Å²) < 4.78 is 30.8. The van der Waals surface area contributed by atoms with E-state index in [1.165, 1.54) is 6.26 Å². The van der Waals surface area contributed by atoms with Crippen molar-refractivity contribution in [3.05, 3.63) is 59.5 Å². The van der Waals surface area contributed by atoms with Gasteiger partial charge < -0.3 is 4.42 Å². The zero-order valence-corrected chi connectivity index (χ0v) is 17.1. The molecule has 0 aliphatic heterocycles. The van der Waals surface area contributed by atoms with E-state index < -0.39 is 25.8 Å². The smallest absolute Gasteiger partial charge is 0.166 e. The Morgan fingerprint density at radius 2 is 1.79 bits per heavy atom. The molecule has 1 aromatic carbocycles. The van der Waals surface area contributed by atoms with Crippen molar-refractivity contribution in [1.82, 2.24) is 0 Å². The summed E-state index contributed by atoms with van der Waals surface area (Å²) in [5.41, 5.74) is 0.178. The van der Waals surface area contributed by atoms with Crippen molar-refractivity contribution < 1.29 is 17.6 Å². The van der Waals surface area contributed by atoms with E-state index in [1.807, 2.05) is 6.07 Å². The lowest BCUT2D eigenvalue weighted by molar-refractivity contribution is -0.124. The third-order valence-electron chi connectivity index (χ3n) is 6.04. The van der Waals surface area contributed by atoms with Crippen molar-refractivity contribution in [2.24, 2.45) is 0 Å². The van der Waals surface area contributed by atoms with Crippen molar-refractivity contribution in [2.45, 2.75) is 56.1 Å². The van der Waals surface area contributed by atoms with Crippen LogP contribution in [0.5, 0.6) is 0 Å². The third-order valence-corrected chi connectivity index (χ3v) is 8.47. The van der Waals surface area contributed by atoms with Gasteiger partial charge in [0.25, 0.3) is 0 Å². The normalized spacial score (nSPS) is 17.0. The molecule has 28 heavy (non-hydrogen) atoms. The monoisotopic (exact) mass is 399 g/mol. The third kappa shape index (κ3) is 3.51. The molecule has 5 nitrogen and oxygen atoms in total. The molecule has 1 fully saturated rings. The molecule has 0 bridgehead atoms. The van der Waals surface area contributed by atoms with Gasteiger partial charge in [-0.1, -0.05) is 31.4 Å². The van der Waals surface area contributed by atoms with E-state index in [2.05, 4.69) is 0 Å². The summed E-state index contributed by atoms with van der Waals surface area (Å²) >= 11 is 0. The lowest BCUT2D eigenvalue weighted by atomic mass is 9.70. The zero-order valence-electron chi connectivity index (χ0n) is 16.3. The highest BCUT2D eigenvalue weighted by Gasteiger charge is 2.47. The first-order chi connectivity index (χ1) is 13.2. The van der Waals surface area contributed by atoms with Crippen LogP contribution >= 0.6 is 0 Å². The van der Waals surface area contributed by atoms with Gasteiger partial charge in [0, 0.05) is 0 Å². The van der Waals surface area contributed by atoms with Gasteiger partial charge in [0.15, 0.2) is 15.6 Å². The fraction of sp³-hybridized carbons (Fsp3) is 0.455. The number of rotatable bonds is 6. The SMILES string of the molecule is CC(C)(c1ccc(C#N)cc1)S(=O)(=O)CC(=O)C1(c2ccco2)CCCCC1. The molecule has 0 unspecified atom stereocenters. The molecular weight excluding hydrogens is 374 g/mol. The van der Waals surface area contributed by atoms with E-state index in [0.717, 1.165) is 19.3 Å². The summed E-state index contributed by atoms with van der Waals surface area (Å²) in [6, 6.07) is 12.0. The Morgan fingerprint density at radius 1 is 1.14 bits per heavy atom. The van der Waals surface area contributed by atoms with Crippen LogP contribution in [0.4, 0.5) is 0 Å². The summed E-state index contributed by atoms with van der Waals surface area (Å²) in [5, 5.41) is 8.95. The lowest BCUT2D eigenvalue weighted by Crippen LogP contribution is -2.44. The largest absolute Gasteiger partial charge is 0.468 e. The number of carbonyl (C=O) groups is 1. The number of ketones is 1. The molecule has 148 valence electrons. The molecule has 2 aromatic rings. The molecule has 0 saturated heterocycles. The molecule has 0 amide bonds. The molecule has 3 rings (SSSR count). The summed E-state index contributed by atoms with van der Waals surface area (Å²) in [4.78, 5) is 13.3. The first-order valence-corrected chi connectivity index (χ1v) is 11.2. The van der Waals surface area contributed by atoms with Crippen molar-refractivity contribution in [2.75, 3.05) is 5.75 Å². The topological polar surface area (TPSA) is 88.1 Å². The summed E-state index contributed by atoms with van der Waals surface area (Å²) in [5.74, 6) is -0.242. The molecule has 1 saturated carbocycles. The minimum atomic E-state index is -3.78. The van der Waals surface area contributed by atoms with Crippen LogP contribution in [0, 0.1) is 11.3 Å². The minimum absolute atomic E-state index is 0.288. The number of benzene rings is 1. The van der Waals surface area contributed by atoms with Crippen LogP contribution in [0.25, 0.3) is 0 Å². The van der Waals surface area contributed by atoms with Gasteiger partial charge in [0.2, 0.25) is 0 Å². The Balaban J connectivity index is 1.91. The molecule has 1 aliphatic rings. The van der Waals surface area contributed by atoms with E-state index in [9.17, 15) is 13.2 Å². The number of Topliss-reactive ketones (excluding diaryl/α,β-unsaturated/α-hetero) is 1. The fourth-order valence-electron chi connectivity index (χ4n) is 3.99. The maximum Gasteiger partial charge on any atom is 0.166 e. The minimum Gasteiger partial charge on any atom is -0.468 e. The Morgan fingerprint density at radius 3 is 2.32 bits per heavy atom. The first kappa shape index (κ1) is 20.3. The maximum absolute atomic E-state index is 13.3. The van der Waals surface area contributed by atoms with Gasteiger partial charge in [-0.3, -0.25) is 4.79 Å². The van der Waals surface area contributed by atoms with E-state index in [1.54, 1.807) is 50.2 Å². The van der Waals surface area contributed by atoms with Crippen molar-refractivity contribution in [3.8, 4) is 6.07 Å². The van der Waals surface area contributed by atoms with Crippen LogP contribution in [-0.4, -0.2) is 20.0 Å². The highest BCUT2D eigenvalue weighted by atomic mass is 32.2. The summed E-state index contributed by atoms with van der Waals surface area (Å²) in [6.45, 7) is 3.22. The lowest BCUT2D eigenvalue weighted by Gasteiger charge is -2.35. The Labute approximate surface area is 166 Å². The van der Waals surface area contributed by atoms with Crippen molar-refractivity contribution >= 4 is 15.6 Å². The van der Waals surface area contributed by atoms with Gasteiger partial charge in [-0.25, -0.2) is 8.42 Å². The standard InChI is InChI=1S/C22H25NO4S/c1-21(2,18-10-8-17(15-23)9-11-18)28(25,26)16-19(24)22(12-4-3-5-13-22)20-7-6-14-27-20/h6-11,14H,3-5,12-13,16H2,1-2H3. The average Bonchev–Trinajstić information content (AvgIpc) is 3.23. The predicted molar refractivity (Wildman–Crippen MR) is 106 cm³/mol. The number of hydrogen-bond acceptors (Lipinski definition) is 5. The Kier molecular flexibility index (Phi) is 5.49. The molecule has 1 aliphatic carbocycles. The van der Waals surface area contributed by atoms with E-state index in [-0.39, 0.29) is 5.78 Å². The number of nitriles is 1. The van der Waals surface area contributed by atoms with Gasteiger partial charge in [-0.05, 0) is 56.5 Å². The van der Waals surface area contributed by atoms with Crippen LogP contribution in [0.15, 0.2) is 47.1 Å². The van der Waals surface area contributed by atoms with Crippen molar-refractivity contribution in [3.63, 3.8) is 0 Å². The molecule has 1 aromatic heterocycles. The average molecular weight is 400 g/mol. The van der Waals surface area contributed by atoms with Gasteiger partial charge in [0.05, 0.1) is 28.1 Å². The van der Waals surface area contributed by atoms with E-state index >= 15 is 0 Å². The number of furan rings is 1. The quantitative estimate of drug-likeness (QED) is 0.724. The van der Waals surface area contributed by atoms with Gasteiger partial charge in [0.1, 0.15) is 11.5 Å². The Hall–Kier alpha value is -2.39. The predicted octanol–water partition coefficient (Wildman–Crippen LogP) is 4.27. The molecule has 0 radical (unpaired) electrons. The van der Waals surface area contributed by atoms with Gasteiger partial charge >= 0.3 is 0 Å².